The number of benzene rings is 20. The third kappa shape index (κ3) is 11.0. The highest BCUT2D eigenvalue weighted by Crippen LogP contribution is 2.60. The van der Waals surface area contributed by atoms with Gasteiger partial charge >= 0.3 is 0 Å². The van der Waals surface area contributed by atoms with Crippen molar-refractivity contribution in [3.63, 3.8) is 0 Å². The summed E-state index contributed by atoms with van der Waals surface area (Å²) in [4.78, 5) is 0. The molecule has 2 aliphatic carbocycles. The van der Waals surface area contributed by atoms with E-state index in [1.165, 1.54) is 210 Å². The van der Waals surface area contributed by atoms with E-state index in [0.29, 0.717) is 0 Å². The van der Waals surface area contributed by atoms with Crippen molar-refractivity contribution in [2.75, 3.05) is 0 Å². The number of rotatable bonds is 12. The van der Waals surface area contributed by atoms with Gasteiger partial charge in [0.1, 0.15) is 0 Å². The second-order valence-electron chi connectivity index (χ2n) is 33.6. The number of hydrogen-bond donors (Lipinski definition) is 0. The van der Waals surface area contributed by atoms with Gasteiger partial charge in [-0.2, -0.15) is 0 Å². The van der Waals surface area contributed by atoms with Gasteiger partial charge < -0.3 is 18.3 Å². The van der Waals surface area contributed by atoms with Crippen LogP contribution in [-0.2, 0) is 10.8 Å². The number of para-hydroxylation sites is 6. The lowest BCUT2D eigenvalue weighted by molar-refractivity contribution is 0.761. The molecule has 0 unspecified atom stereocenters. The van der Waals surface area contributed by atoms with Crippen molar-refractivity contribution in [1.29, 1.82) is 0 Å². The molecule has 0 saturated heterocycles. The van der Waals surface area contributed by atoms with E-state index >= 15 is 0 Å². The molecule has 0 N–H and O–H groups in total. The van der Waals surface area contributed by atoms with Crippen LogP contribution in [0, 0.1) is 0 Å². The summed E-state index contributed by atoms with van der Waals surface area (Å²) in [6.07, 6.45) is 0. The minimum absolute atomic E-state index is 0.528. The van der Waals surface area contributed by atoms with Crippen molar-refractivity contribution in [3.05, 3.63) is 530 Å². The monoisotopic (exact) mass is 1600 g/mol. The average Bonchev–Trinajstić information content (AvgIpc) is 1.52. The molecule has 0 aliphatic heterocycles. The first-order valence-corrected chi connectivity index (χ1v) is 43.7. The molecule has 0 radical (unpaired) electrons. The Labute approximate surface area is 730 Å². The Kier molecular flexibility index (Phi) is 16.8. The number of hydrogen-bond acceptors (Lipinski definition) is 0. The average molecular weight is 1600 g/mol. The van der Waals surface area contributed by atoms with Crippen LogP contribution in [0.1, 0.15) is 44.5 Å². The molecule has 4 nitrogen and oxygen atoms in total. The Bertz CT molecular complexity index is 8360. The summed E-state index contributed by atoms with van der Waals surface area (Å²) in [7, 11) is 0. The van der Waals surface area contributed by atoms with Crippen molar-refractivity contribution in [1.82, 2.24) is 18.3 Å². The third-order valence-corrected chi connectivity index (χ3v) is 27.2. The molecule has 126 heavy (non-hydrogen) atoms. The molecule has 0 amide bonds. The lowest BCUT2D eigenvalue weighted by Crippen LogP contribution is -2.30. The van der Waals surface area contributed by atoms with E-state index in [4.69, 9.17) is 0 Å². The summed E-state index contributed by atoms with van der Waals surface area (Å²) in [5.41, 5.74) is 38.3. The SMILES string of the molecule is c1ccc(-c2ccc3c(c2)c2cc(-c4ccc5c(c4)c4ccccc4n5-c4ccccc4C4(c5ccccc5)c5ccccc5-c5ccccc54)ccc2n3-c2ccccc2)cc1.c1ccc(-c2cccc(-n3c4ccccc4c4cc(-c5ccc6c(c5)c5ccccc5n6-c5ccccc5C5(c6ccccc6)c6ccccc6-c6ccccc65)ccc43)c2)cc1. The zero-order valence-corrected chi connectivity index (χ0v) is 69.0. The van der Waals surface area contributed by atoms with Gasteiger partial charge in [0.2, 0.25) is 0 Å². The molecule has 4 aromatic heterocycles. The highest BCUT2D eigenvalue weighted by Gasteiger charge is 2.49. The van der Waals surface area contributed by atoms with E-state index in [1.54, 1.807) is 0 Å². The first kappa shape index (κ1) is 72.4. The summed E-state index contributed by atoms with van der Waals surface area (Å²) in [5.74, 6) is 0. The van der Waals surface area contributed by atoms with Crippen LogP contribution in [0.2, 0.25) is 0 Å². The predicted octanol–water partition coefficient (Wildman–Crippen LogP) is 31.2. The Morgan fingerprint density at radius 2 is 0.373 bits per heavy atom. The molecule has 0 fully saturated rings. The van der Waals surface area contributed by atoms with Gasteiger partial charge in [0.15, 0.2) is 0 Å². The van der Waals surface area contributed by atoms with Gasteiger partial charge in [0.25, 0.3) is 0 Å². The Morgan fingerprint density at radius 3 is 0.746 bits per heavy atom. The van der Waals surface area contributed by atoms with Crippen LogP contribution in [0.5, 0.6) is 0 Å². The maximum atomic E-state index is 2.51. The molecule has 0 spiro atoms. The lowest BCUT2D eigenvalue weighted by atomic mass is 9.67. The molecule has 0 saturated carbocycles. The zero-order valence-electron chi connectivity index (χ0n) is 69.0. The molecule has 26 rings (SSSR count). The number of aromatic nitrogens is 4. The van der Waals surface area contributed by atoms with E-state index in [-0.39, 0.29) is 0 Å². The minimum atomic E-state index is -0.530. The number of fused-ring (bicyclic) bond motifs is 18. The van der Waals surface area contributed by atoms with E-state index in [9.17, 15) is 0 Å². The smallest absolute Gasteiger partial charge is 0.0733 e. The molecular formula is C122H80N4. The second-order valence-corrected chi connectivity index (χ2v) is 33.6. The van der Waals surface area contributed by atoms with Crippen LogP contribution in [0.3, 0.4) is 0 Å². The summed E-state index contributed by atoms with van der Waals surface area (Å²) in [6, 6.07) is 179. The van der Waals surface area contributed by atoms with Crippen LogP contribution < -0.4 is 0 Å². The fourth-order valence-electron chi connectivity index (χ4n) is 21.9. The summed E-state index contributed by atoms with van der Waals surface area (Å²) < 4.78 is 9.84. The summed E-state index contributed by atoms with van der Waals surface area (Å²) >= 11 is 0. The topological polar surface area (TPSA) is 19.7 Å². The van der Waals surface area contributed by atoms with Gasteiger partial charge in [-0.1, -0.05) is 370 Å². The van der Waals surface area contributed by atoms with E-state index in [0.717, 1.165) is 11.4 Å². The largest absolute Gasteiger partial charge is 0.309 e. The van der Waals surface area contributed by atoms with Crippen molar-refractivity contribution >= 4 is 87.2 Å². The third-order valence-electron chi connectivity index (χ3n) is 27.2. The van der Waals surface area contributed by atoms with Gasteiger partial charge in [-0.3, -0.25) is 0 Å². The van der Waals surface area contributed by atoms with Gasteiger partial charge in [-0.15, -0.1) is 0 Å². The van der Waals surface area contributed by atoms with Crippen LogP contribution in [0.4, 0.5) is 0 Å². The highest BCUT2D eigenvalue weighted by molar-refractivity contribution is 6.16. The van der Waals surface area contributed by atoms with Gasteiger partial charge in [-0.25, -0.2) is 0 Å². The van der Waals surface area contributed by atoms with Crippen molar-refractivity contribution in [2.45, 2.75) is 10.8 Å². The fraction of sp³-hybridized carbons (Fsp3) is 0.0164. The number of nitrogens with zero attached hydrogens (tertiary/aromatic N) is 4. The minimum Gasteiger partial charge on any atom is -0.309 e. The molecule has 20 aromatic carbocycles. The van der Waals surface area contributed by atoms with Crippen molar-refractivity contribution in [3.8, 4) is 89.5 Å². The normalized spacial score (nSPS) is 12.9. The van der Waals surface area contributed by atoms with Gasteiger partial charge in [-0.05, 0) is 227 Å². The van der Waals surface area contributed by atoms with Gasteiger partial charge in [0.05, 0.1) is 66.3 Å². The van der Waals surface area contributed by atoms with E-state index in [2.05, 4.69) is 504 Å². The second kappa shape index (κ2) is 29.2. The van der Waals surface area contributed by atoms with Crippen LogP contribution in [-0.4, -0.2) is 18.3 Å². The lowest BCUT2D eigenvalue weighted by Gasteiger charge is -2.35. The first-order valence-electron chi connectivity index (χ1n) is 43.7. The molecule has 0 bridgehead atoms. The van der Waals surface area contributed by atoms with Crippen molar-refractivity contribution < 1.29 is 0 Å². The van der Waals surface area contributed by atoms with E-state index < -0.39 is 10.8 Å². The van der Waals surface area contributed by atoms with Crippen LogP contribution >= 0.6 is 0 Å². The summed E-state index contributed by atoms with van der Waals surface area (Å²) in [5, 5.41) is 9.92. The quantitative estimate of drug-likeness (QED) is 0.116. The maximum absolute atomic E-state index is 2.51. The predicted molar refractivity (Wildman–Crippen MR) is 527 cm³/mol. The van der Waals surface area contributed by atoms with Crippen LogP contribution in [0.15, 0.2) is 485 Å². The molecule has 4 heteroatoms. The maximum Gasteiger partial charge on any atom is 0.0733 e. The Hall–Kier alpha value is -16.4. The highest BCUT2D eigenvalue weighted by atomic mass is 15.0. The summed E-state index contributed by atoms with van der Waals surface area (Å²) in [6.45, 7) is 0. The molecule has 588 valence electrons. The van der Waals surface area contributed by atoms with E-state index in [1.807, 2.05) is 0 Å². The van der Waals surface area contributed by atoms with Crippen LogP contribution in [0.25, 0.3) is 177 Å². The Morgan fingerprint density at radius 1 is 0.135 bits per heavy atom. The standard InChI is InChI=1S/2C61H40N2/c1-4-18-41(19-5-1)42-32-35-57-51(38-42)52-40-44(33-36-58(52)62(57)46-22-8-3-9-23-46)43-34-37-59-50(39-43)49-26-12-16-30-56(49)63(59)60-31-17-15-29-55(60)61(45-20-6-2-7-21-45)53-27-13-10-24-47(53)48-25-11-14-28-54(48)61;1-3-18-41(19-4-1)42-20-17-23-46(38-42)62-56-31-14-9-26-49(56)51-39-43(34-36-58(51)62)44-35-37-59-52(40-44)50-27-10-15-32-57(50)63(59)60-33-16-13-30-55(60)61(45-21-5-2-6-22-45)53-28-11-7-24-47(53)48-25-8-12-29-54(48)61/h2*1-40H. The molecule has 24 aromatic rings. The zero-order chi connectivity index (χ0) is 83.0. The molecule has 2 aliphatic rings. The fourth-order valence-corrected chi connectivity index (χ4v) is 21.9. The Balaban J connectivity index is 0.000000137. The first-order chi connectivity index (χ1) is 62.5. The molecule has 4 heterocycles. The van der Waals surface area contributed by atoms with Crippen molar-refractivity contribution in [2.24, 2.45) is 0 Å². The van der Waals surface area contributed by atoms with Gasteiger partial charge in [0, 0.05) is 54.5 Å². The molecular weight excluding hydrogens is 1520 g/mol. The molecule has 0 atom stereocenters.